The lowest BCUT2D eigenvalue weighted by Crippen LogP contribution is -2.34. The molecule has 4 nitrogen and oxygen atoms in total. The predicted molar refractivity (Wildman–Crippen MR) is 68.0 cm³/mol. The zero-order valence-corrected chi connectivity index (χ0v) is 10.2. The SMILES string of the molecule is CCN1CCCC(c2[nH]nc3ncccc23)C1. The van der Waals surface area contributed by atoms with E-state index in [0.717, 1.165) is 18.7 Å². The smallest absolute Gasteiger partial charge is 0.181 e. The summed E-state index contributed by atoms with van der Waals surface area (Å²) < 4.78 is 0. The highest BCUT2D eigenvalue weighted by atomic mass is 15.2. The molecule has 1 unspecified atom stereocenters. The molecule has 1 fully saturated rings. The third kappa shape index (κ3) is 1.93. The Labute approximate surface area is 101 Å². The molecule has 2 aromatic heterocycles. The van der Waals surface area contributed by atoms with Crippen molar-refractivity contribution in [2.45, 2.75) is 25.7 Å². The second kappa shape index (κ2) is 4.45. The molecule has 0 bridgehead atoms. The number of nitrogens with zero attached hydrogens (tertiary/aromatic N) is 3. The summed E-state index contributed by atoms with van der Waals surface area (Å²) in [6.07, 6.45) is 4.33. The van der Waals surface area contributed by atoms with E-state index in [0.29, 0.717) is 5.92 Å². The summed E-state index contributed by atoms with van der Waals surface area (Å²) in [6.45, 7) is 5.75. The van der Waals surface area contributed by atoms with Crippen molar-refractivity contribution in [1.82, 2.24) is 20.1 Å². The van der Waals surface area contributed by atoms with Gasteiger partial charge in [-0.1, -0.05) is 6.92 Å². The number of likely N-dealkylation sites (tertiary alicyclic amines) is 1. The average Bonchev–Trinajstić information content (AvgIpc) is 2.82. The van der Waals surface area contributed by atoms with E-state index in [-0.39, 0.29) is 0 Å². The zero-order chi connectivity index (χ0) is 11.7. The Morgan fingerprint density at radius 2 is 2.47 bits per heavy atom. The van der Waals surface area contributed by atoms with E-state index < -0.39 is 0 Å². The van der Waals surface area contributed by atoms with Gasteiger partial charge < -0.3 is 4.90 Å². The van der Waals surface area contributed by atoms with Crippen LogP contribution >= 0.6 is 0 Å². The van der Waals surface area contributed by atoms with E-state index in [1.54, 1.807) is 6.20 Å². The van der Waals surface area contributed by atoms with Crippen molar-refractivity contribution in [3.63, 3.8) is 0 Å². The fraction of sp³-hybridized carbons (Fsp3) is 0.538. The van der Waals surface area contributed by atoms with Crippen molar-refractivity contribution in [3.8, 4) is 0 Å². The van der Waals surface area contributed by atoms with Gasteiger partial charge in [0.05, 0.1) is 0 Å². The second-order valence-electron chi connectivity index (χ2n) is 4.74. The van der Waals surface area contributed by atoms with E-state index >= 15 is 0 Å². The van der Waals surface area contributed by atoms with Crippen molar-refractivity contribution in [1.29, 1.82) is 0 Å². The van der Waals surface area contributed by atoms with Crippen LogP contribution in [0.4, 0.5) is 0 Å². The number of piperidine rings is 1. The number of hydrogen-bond acceptors (Lipinski definition) is 3. The summed E-state index contributed by atoms with van der Waals surface area (Å²) in [7, 11) is 0. The molecule has 0 amide bonds. The van der Waals surface area contributed by atoms with Gasteiger partial charge >= 0.3 is 0 Å². The summed E-state index contributed by atoms with van der Waals surface area (Å²) in [5.41, 5.74) is 2.11. The first kappa shape index (κ1) is 10.7. The molecule has 2 aromatic rings. The van der Waals surface area contributed by atoms with E-state index in [1.807, 2.05) is 6.07 Å². The zero-order valence-electron chi connectivity index (χ0n) is 10.2. The Bertz CT molecular complexity index is 505. The number of rotatable bonds is 2. The van der Waals surface area contributed by atoms with Gasteiger partial charge in [0.15, 0.2) is 5.65 Å². The number of nitrogens with one attached hydrogen (secondary N) is 1. The fourth-order valence-corrected chi connectivity index (χ4v) is 2.76. The number of aromatic amines is 1. The third-order valence-electron chi connectivity index (χ3n) is 3.72. The quantitative estimate of drug-likeness (QED) is 0.859. The van der Waals surface area contributed by atoms with Crippen LogP contribution in [0, 0.1) is 0 Å². The minimum atomic E-state index is 0.581. The standard InChI is InChI=1S/C13H18N4/c1-2-17-8-4-5-10(9-17)12-11-6-3-7-14-13(11)16-15-12/h3,6-7,10H,2,4-5,8-9H2,1H3,(H,14,15,16). The maximum atomic E-state index is 4.29. The molecule has 1 atom stereocenters. The molecule has 0 aliphatic carbocycles. The molecule has 3 heterocycles. The molecular weight excluding hydrogens is 212 g/mol. The minimum absolute atomic E-state index is 0.581. The van der Waals surface area contributed by atoms with Crippen molar-refractivity contribution in [2.75, 3.05) is 19.6 Å². The lowest BCUT2D eigenvalue weighted by molar-refractivity contribution is 0.216. The van der Waals surface area contributed by atoms with Crippen molar-refractivity contribution < 1.29 is 0 Å². The Morgan fingerprint density at radius 1 is 1.53 bits per heavy atom. The third-order valence-corrected chi connectivity index (χ3v) is 3.72. The summed E-state index contributed by atoms with van der Waals surface area (Å²) in [5.74, 6) is 0.581. The number of hydrogen-bond donors (Lipinski definition) is 1. The lowest BCUT2D eigenvalue weighted by Gasteiger charge is -2.31. The molecule has 3 rings (SSSR count). The van der Waals surface area contributed by atoms with Crippen LogP contribution in [0.15, 0.2) is 18.3 Å². The molecule has 0 saturated carbocycles. The molecule has 0 radical (unpaired) electrons. The van der Waals surface area contributed by atoms with E-state index in [9.17, 15) is 0 Å². The largest absolute Gasteiger partial charge is 0.303 e. The number of aromatic nitrogens is 3. The summed E-state index contributed by atoms with van der Waals surface area (Å²) in [4.78, 5) is 6.79. The van der Waals surface area contributed by atoms with Crippen LogP contribution in [0.5, 0.6) is 0 Å². The minimum Gasteiger partial charge on any atom is -0.303 e. The van der Waals surface area contributed by atoms with Crippen LogP contribution in [0.1, 0.15) is 31.4 Å². The van der Waals surface area contributed by atoms with Gasteiger partial charge in [0, 0.05) is 29.7 Å². The van der Waals surface area contributed by atoms with Crippen LogP contribution in [-0.4, -0.2) is 39.7 Å². The van der Waals surface area contributed by atoms with Crippen molar-refractivity contribution in [3.05, 3.63) is 24.0 Å². The van der Waals surface area contributed by atoms with Gasteiger partial charge in [0.25, 0.3) is 0 Å². The van der Waals surface area contributed by atoms with Crippen molar-refractivity contribution in [2.24, 2.45) is 0 Å². The Morgan fingerprint density at radius 3 is 3.35 bits per heavy atom. The van der Waals surface area contributed by atoms with Crippen molar-refractivity contribution >= 4 is 11.0 Å². The Hall–Kier alpha value is -1.42. The first-order valence-electron chi connectivity index (χ1n) is 6.40. The molecule has 1 N–H and O–H groups in total. The maximum Gasteiger partial charge on any atom is 0.181 e. The molecule has 1 aliphatic heterocycles. The Balaban J connectivity index is 1.92. The number of likely N-dealkylation sites (N-methyl/N-ethyl adjacent to an activating group) is 1. The number of H-pyrrole nitrogens is 1. The fourth-order valence-electron chi connectivity index (χ4n) is 2.76. The monoisotopic (exact) mass is 230 g/mol. The number of pyridine rings is 1. The van der Waals surface area contributed by atoms with E-state index in [1.165, 1.54) is 30.5 Å². The lowest BCUT2D eigenvalue weighted by atomic mass is 9.93. The average molecular weight is 230 g/mol. The first-order valence-corrected chi connectivity index (χ1v) is 6.40. The first-order chi connectivity index (χ1) is 8.38. The normalized spacial score (nSPS) is 22.1. The maximum absolute atomic E-state index is 4.29. The molecule has 0 spiro atoms. The van der Waals surface area contributed by atoms with Gasteiger partial charge in [-0.2, -0.15) is 5.10 Å². The molecule has 1 saturated heterocycles. The molecule has 0 aromatic carbocycles. The predicted octanol–water partition coefficient (Wildman–Crippen LogP) is 2.16. The van der Waals surface area contributed by atoms with Crippen LogP contribution in [-0.2, 0) is 0 Å². The topological polar surface area (TPSA) is 44.8 Å². The molecule has 17 heavy (non-hydrogen) atoms. The van der Waals surface area contributed by atoms with Gasteiger partial charge in [-0.25, -0.2) is 4.98 Å². The van der Waals surface area contributed by atoms with Crippen LogP contribution in [0.25, 0.3) is 11.0 Å². The van der Waals surface area contributed by atoms with Crippen LogP contribution < -0.4 is 0 Å². The Kier molecular flexibility index (Phi) is 2.81. The number of fused-ring (bicyclic) bond motifs is 1. The highest BCUT2D eigenvalue weighted by molar-refractivity contribution is 5.77. The second-order valence-corrected chi connectivity index (χ2v) is 4.74. The summed E-state index contributed by atoms with van der Waals surface area (Å²) in [5, 5.41) is 8.67. The van der Waals surface area contributed by atoms with Gasteiger partial charge in [0.1, 0.15) is 0 Å². The van der Waals surface area contributed by atoms with Gasteiger partial charge in [-0.05, 0) is 38.1 Å². The highest BCUT2D eigenvalue weighted by Gasteiger charge is 2.23. The van der Waals surface area contributed by atoms with Gasteiger partial charge in [0.2, 0.25) is 0 Å². The molecule has 1 aliphatic rings. The summed E-state index contributed by atoms with van der Waals surface area (Å²) >= 11 is 0. The molecule has 90 valence electrons. The van der Waals surface area contributed by atoms with Gasteiger partial charge in [-0.15, -0.1) is 0 Å². The van der Waals surface area contributed by atoms with Crippen LogP contribution in [0.2, 0.25) is 0 Å². The van der Waals surface area contributed by atoms with Crippen LogP contribution in [0.3, 0.4) is 0 Å². The summed E-state index contributed by atoms with van der Waals surface area (Å²) in [6, 6.07) is 4.10. The van der Waals surface area contributed by atoms with E-state index in [2.05, 4.69) is 33.1 Å². The van der Waals surface area contributed by atoms with Gasteiger partial charge in [-0.3, -0.25) is 5.10 Å². The molecule has 4 heteroatoms. The highest BCUT2D eigenvalue weighted by Crippen LogP contribution is 2.29. The molecular formula is C13H18N4. The van der Waals surface area contributed by atoms with E-state index in [4.69, 9.17) is 0 Å².